The molecule has 5 nitrogen and oxygen atoms in total. The van der Waals surface area contributed by atoms with Gasteiger partial charge in [0.15, 0.2) is 0 Å². The molecule has 0 radical (unpaired) electrons. The average molecular weight is 219 g/mol. The number of nitrogens with zero attached hydrogens (tertiary/aromatic N) is 2. The predicted octanol–water partition coefficient (Wildman–Crippen LogP) is 2.25. The van der Waals surface area contributed by atoms with Crippen LogP contribution in [-0.2, 0) is 4.84 Å². The van der Waals surface area contributed by atoms with Gasteiger partial charge in [-0.15, -0.1) is 0 Å². The molecule has 0 aliphatic heterocycles. The van der Waals surface area contributed by atoms with Gasteiger partial charge in [0.1, 0.15) is 11.4 Å². The van der Waals surface area contributed by atoms with Crippen molar-refractivity contribution in [1.82, 2.24) is 0 Å². The Labute approximate surface area is 93.5 Å². The maximum atomic E-state index is 8.49. The molecule has 0 unspecified atom stereocenters. The Hall–Kier alpha value is -2.17. The summed E-state index contributed by atoms with van der Waals surface area (Å²) in [5.74, 6) is -0.0503. The molecular weight excluding hydrogens is 206 g/mol. The summed E-state index contributed by atoms with van der Waals surface area (Å²) in [5.41, 5.74) is 1.40. The minimum absolute atomic E-state index is 0.0503. The first-order chi connectivity index (χ1) is 7.65. The Morgan fingerprint density at radius 3 is 2.38 bits per heavy atom. The van der Waals surface area contributed by atoms with E-state index in [9.17, 15) is 0 Å². The topological polar surface area (TPSA) is 78.0 Å². The van der Waals surface area contributed by atoms with Crippen LogP contribution >= 0.6 is 0 Å². The van der Waals surface area contributed by atoms with Crippen LogP contribution < -0.4 is 0 Å². The third kappa shape index (κ3) is 3.20. The number of hydrogen-bond acceptors (Lipinski definition) is 5. The highest BCUT2D eigenvalue weighted by Gasteiger charge is 2.02. The van der Waals surface area contributed by atoms with Crippen molar-refractivity contribution in [2.24, 2.45) is 10.3 Å². The van der Waals surface area contributed by atoms with Gasteiger partial charge >= 0.3 is 0 Å². The Morgan fingerprint density at radius 1 is 1.19 bits per heavy atom. The fourth-order valence-corrected chi connectivity index (χ4v) is 0.895. The summed E-state index contributed by atoms with van der Waals surface area (Å²) < 4.78 is 0. The molecule has 0 fully saturated rings. The summed E-state index contributed by atoms with van der Waals surface area (Å²) in [5, 5.41) is 22.7. The number of oxime groups is 2. The fourth-order valence-electron chi connectivity index (χ4n) is 0.895. The second-order valence-electron chi connectivity index (χ2n) is 3.15. The Bertz CT molecular complexity index is 424. The normalized spacial score (nSPS) is 12.4. The zero-order chi connectivity index (χ0) is 12.0. The Morgan fingerprint density at radius 2 is 1.81 bits per heavy atom. The van der Waals surface area contributed by atoms with Gasteiger partial charge in [0.05, 0.1) is 0 Å². The summed E-state index contributed by atoms with van der Waals surface area (Å²) in [6.45, 7) is 3.22. The summed E-state index contributed by atoms with van der Waals surface area (Å²) in [6.07, 6.45) is 0. The van der Waals surface area contributed by atoms with Crippen molar-refractivity contribution in [2.45, 2.75) is 13.8 Å². The highest BCUT2D eigenvalue weighted by molar-refractivity contribution is 6.40. The predicted molar refractivity (Wildman–Crippen MR) is 62.4 cm³/mol. The zero-order valence-electron chi connectivity index (χ0n) is 9.14. The summed E-state index contributed by atoms with van der Waals surface area (Å²) in [6, 6.07) is 8.97. The molecule has 0 saturated heterocycles. The lowest BCUT2D eigenvalue weighted by molar-refractivity contribution is 0.316. The van der Waals surface area contributed by atoms with Crippen molar-refractivity contribution in [3.8, 4) is 0 Å². The highest BCUT2D eigenvalue weighted by atomic mass is 16.6. The van der Waals surface area contributed by atoms with Gasteiger partial charge in [0.2, 0.25) is 5.90 Å². The molecule has 0 aliphatic rings. The van der Waals surface area contributed by atoms with Gasteiger partial charge in [0.25, 0.3) is 0 Å². The van der Waals surface area contributed by atoms with Gasteiger partial charge in [0, 0.05) is 5.56 Å². The van der Waals surface area contributed by atoms with E-state index < -0.39 is 0 Å². The molecule has 16 heavy (non-hydrogen) atoms. The summed E-state index contributed by atoms with van der Waals surface area (Å²) in [4.78, 5) is 4.89. The number of hydrogen-bond donors (Lipinski definition) is 2. The molecule has 0 saturated carbocycles. The van der Waals surface area contributed by atoms with Crippen LogP contribution in [0.5, 0.6) is 0 Å². The molecule has 0 aromatic heterocycles. The molecule has 0 spiro atoms. The van der Waals surface area contributed by atoms with E-state index in [0.29, 0.717) is 17.0 Å². The molecule has 0 heterocycles. The largest absolute Gasteiger partial charge is 0.411 e. The maximum Gasteiger partial charge on any atom is 0.248 e. The Balaban J connectivity index is 2.67. The maximum absolute atomic E-state index is 8.49. The van der Waals surface area contributed by atoms with Gasteiger partial charge in [-0.05, 0) is 26.0 Å². The minimum atomic E-state index is -0.0503. The van der Waals surface area contributed by atoms with Crippen LogP contribution in [0.2, 0.25) is 0 Å². The third-order valence-corrected chi connectivity index (χ3v) is 1.98. The molecule has 5 heteroatoms. The van der Waals surface area contributed by atoms with Crippen molar-refractivity contribution in [3.05, 3.63) is 35.9 Å². The first-order valence-corrected chi connectivity index (χ1v) is 4.69. The molecule has 2 N–H and O–H groups in total. The van der Waals surface area contributed by atoms with Crippen molar-refractivity contribution in [3.63, 3.8) is 0 Å². The van der Waals surface area contributed by atoms with Crippen molar-refractivity contribution < 1.29 is 10.0 Å². The van der Waals surface area contributed by atoms with Crippen LogP contribution in [0.25, 0.3) is 0 Å². The van der Waals surface area contributed by atoms with Crippen LogP contribution in [0, 0.1) is 5.41 Å². The first-order valence-electron chi connectivity index (χ1n) is 4.69. The van der Waals surface area contributed by atoms with Crippen LogP contribution in [0.15, 0.2) is 40.6 Å². The standard InChI is InChI=1S/C11H13N3O2/c1-8(13-15)9(2)14-16-11(12)10-6-4-3-5-7-10/h3-7,12,15H,1-2H3/b12-11?,13-8+,14-9+. The van der Waals surface area contributed by atoms with E-state index in [1.165, 1.54) is 0 Å². The van der Waals surface area contributed by atoms with Crippen LogP contribution in [0.4, 0.5) is 0 Å². The SMILES string of the molecule is CC(=N\O)/C(C)=N/OC(=N)c1ccccc1. The number of benzene rings is 1. The first kappa shape index (κ1) is 11.9. The second kappa shape index (κ2) is 5.65. The smallest absolute Gasteiger partial charge is 0.248 e. The van der Waals surface area contributed by atoms with Crippen LogP contribution in [0.3, 0.4) is 0 Å². The van der Waals surface area contributed by atoms with Gasteiger partial charge in [-0.2, -0.15) is 0 Å². The zero-order valence-corrected chi connectivity index (χ0v) is 9.14. The third-order valence-electron chi connectivity index (χ3n) is 1.98. The average Bonchev–Trinajstić information content (AvgIpc) is 2.35. The van der Waals surface area contributed by atoms with E-state index >= 15 is 0 Å². The molecule has 84 valence electrons. The number of nitrogens with one attached hydrogen (secondary N) is 1. The lowest BCUT2D eigenvalue weighted by Crippen LogP contribution is -2.09. The van der Waals surface area contributed by atoms with E-state index in [0.717, 1.165) is 0 Å². The Kier molecular flexibility index (Phi) is 4.20. The molecule has 0 atom stereocenters. The van der Waals surface area contributed by atoms with E-state index in [-0.39, 0.29) is 5.90 Å². The van der Waals surface area contributed by atoms with Crippen molar-refractivity contribution >= 4 is 17.3 Å². The summed E-state index contributed by atoms with van der Waals surface area (Å²) in [7, 11) is 0. The fraction of sp³-hybridized carbons (Fsp3) is 0.182. The molecule has 0 amide bonds. The number of rotatable bonds is 3. The van der Waals surface area contributed by atoms with E-state index in [1.54, 1.807) is 26.0 Å². The quantitative estimate of drug-likeness (QED) is 0.354. The van der Waals surface area contributed by atoms with Crippen molar-refractivity contribution in [2.75, 3.05) is 0 Å². The molecule has 1 rings (SSSR count). The van der Waals surface area contributed by atoms with E-state index in [4.69, 9.17) is 15.5 Å². The molecule has 1 aromatic rings. The second-order valence-corrected chi connectivity index (χ2v) is 3.15. The van der Waals surface area contributed by atoms with E-state index in [2.05, 4.69) is 10.3 Å². The van der Waals surface area contributed by atoms with Gasteiger partial charge < -0.3 is 10.0 Å². The lowest BCUT2D eigenvalue weighted by atomic mass is 10.2. The minimum Gasteiger partial charge on any atom is -0.411 e. The van der Waals surface area contributed by atoms with E-state index in [1.807, 2.05) is 18.2 Å². The van der Waals surface area contributed by atoms with Gasteiger partial charge in [-0.3, -0.25) is 5.41 Å². The summed E-state index contributed by atoms with van der Waals surface area (Å²) >= 11 is 0. The van der Waals surface area contributed by atoms with Gasteiger partial charge in [-0.1, -0.05) is 28.5 Å². The van der Waals surface area contributed by atoms with Crippen molar-refractivity contribution in [1.29, 1.82) is 5.41 Å². The lowest BCUT2D eigenvalue weighted by Gasteiger charge is -2.01. The monoisotopic (exact) mass is 219 g/mol. The molecular formula is C11H13N3O2. The van der Waals surface area contributed by atoms with Crippen LogP contribution in [-0.4, -0.2) is 22.5 Å². The van der Waals surface area contributed by atoms with Crippen LogP contribution in [0.1, 0.15) is 19.4 Å². The molecule has 1 aromatic carbocycles. The van der Waals surface area contributed by atoms with Gasteiger partial charge in [-0.25, -0.2) is 0 Å². The molecule has 0 bridgehead atoms. The highest BCUT2D eigenvalue weighted by Crippen LogP contribution is 2.01. The molecule has 0 aliphatic carbocycles.